The van der Waals surface area contributed by atoms with Gasteiger partial charge in [0.2, 0.25) is 5.91 Å². The van der Waals surface area contributed by atoms with Gasteiger partial charge in [-0.25, -0.2) is 4.79 Å². The van der Waals surface area contributed by atoms with Crippen molar-refractivity contribution in [1.29, 1.82) is 0 Å². The predicted octanol–water partition coefficient (Wildman–Crippen LogP) is 5.17. The molecule has 2 bridgehead atoms. The fourth-order valence-corrected chi connectivity index (χ4v) is 6.57. The van der Waals surface area contributed by atoms with Gasteiger partial charge in [0.15, 0.2) is 0 Å². The third-order valence-electron chi connectivity index (χ3n) is 8.40. The van der Waals surface area contributed by atoms with Gasteiger partial charge < -0.3 is 10.4 Å². The summed E-state index contributed by atoms with van der Waals surface area (Å²) in [6, 6.07) is 17.6. The van der Waals surface area contributed by atoms with E-state index in [1.165, 1.54) is 11.3 Å². The molecule has 5 rings (SSSR count). The Balaban J connectivity index is 1.45. The van der Waals surface area contributed by atoms with Gasteiger partial charge in [0.25, 0.3) is 0 Å². The maximum Gasteiger partial charge on any atom is 0.408 e. The Bertz CT molecular complexity index is 1210. The van der Waals surface area contributed by atoms with Crippen LogP contribution in [0, 0.1) is 11.8 Å². The van der Waals surface area contributed by atoms with Gasteiger partial charge in [0, 0.05) is 30.1 Å². The molecule has 2 aromatic carbocycles. The fraction of sp³-hybridized carbons (Fsp3) is 0.483. The first kappa shape index (κ1) is 24.3. The molecule has 0 radical (unpaired) electrons. The van der Waals surface area contributed by atoms with E-state index in [4.69, 9.17) is 0 Å². The van der Waals surface area contributed by atoms with Crippen LogP contribution in [0.15, 0.2) is 54.6 Å². The number of H-pyrrole nitrogens is 1. The molecular weight excluding hydrogens is 452 g/mol. The number of rotatable bonds is 8. The lowest BCUT2D eigenvalue weighted by molar-refractivity contribution is -0.134. The Labute approximate surface area is 212 Å². The molecule has 0 aliphatic heterocycles. The maximum absolute atomic E-state index is 13.9. The van der Waals surface area contributed by atoms with Gasteiger partial charge in [-0.15, -0.1) is 0 Å². The first-order valence-electron chi connectivity index (χ1n) is 13.2. The zero-order valence-corrected chi connectivity index (χ0v) is 21.0. The van der Waals surface area contributed by atoms with Crippen molar-refractivity contribution in [2.75, 3.05) is 6.54 Å². The molecule has 3 aromatic rings. The average Bonchev–Trinajstić information content (AvgIpc) is 3.29. The number of aromatic amines is 1. The first-order chi connectivity index (χ1) is 17.5. The summed E-state index contributed by atoms with van der Waals surface area (Å²) < 4.78 is 0. The van der Waals surface area contributed by atoms with Crippen molar-refractivity contribution in [2.24, 2.45) is 11.8 Å². The molecule has 4 atom stereocenters. The fourth-order valence-electron chi connectivity index (χ4n) is 6.57. The van der Waals surface area contributed by atoms with Crippen LogP contribution in [0.25, 0.3) is 10.9 Å². The van der Waals surface area contributed by atoms with Gasteiger partial charge in [-0.3, -0.25) is 14.8 Å². The number of carbonyl (C=O) groups is 2. The summed E-state index contributed by atoms with van der Waals surface area (Å²) in [5.41, 5.74) is 1.46. The maximum atomic E-state index is 13.9. The van der Waals surface area contributed by atoms with E-state index < -0.39 is 11.6 Å². The largest absolute Gasteiger partial charge is 0.465 e. The quantitative estimate of drug-likeness (QED) is 0.407. The normalized spacial score (nSPS) is 23.1. The molecule has 2 saturated carbocycles. The number of aromatic nitrogens is 2. The molecule has 2 amide bonds. The molecule has 1 aromatic heterocycles. The summed E-state index contributed by atoms with van der Waals surface area (Å²) in [4.78, 5) is 28.4. The van der Waals surface area contributed by atoms with Crippen LogP contribution in [-0.4, -0.2) is 50.3 Å². The van der Waals surface area contributed by atoms with Crippen molar-refractivity contribution in [3.8, 4) is 0 Å². The minimum absolute atomic E-state index is 0.155. The Hall–Kier alpha value is -3.35. The van der Waals surface area contributed by atoms with Crippen molar-refractivity contribution in [3.05, 3.63) is 65.9 Å². The highest BCUT2D eigenvalue weighted by atomic mass is 16.4. The molecule has 2 fully saturated rings. The van der Waals surface area contributed by atoms with E-state index in [2.05, 4.69) is 15.5 Å². The molecule has 3 N–H and O–H groups in total. The van der Waals surface area contributed by atoms with Crippen LogP contribution in [0.3, 0.4) is 0 Å². The number of para-hydroxylation sites is 1. The lowest BCUT2D eigenvalue weighted by Gasteiger charge is -2.50. The minimum Gasteiger partial charge on any atom is -0.465 e. The molecule has 1 heterocycles. The second kappa shape index (κ2) is 10.3. The summed E-state index contributed by atoms with van der Waals surface area (Å²) in [6.07, 6.45) is 6.24. The molecule has 2 aliphatic rings. The number of carbonyl (C=O) groups excluding carboxylic acids is 1. The Morgan fingerprint density at radius 1 is 1.08 bits per heavy atom. The number of nitrogens with zero attached hydrogens (tertiary/aromatic N) is 2. The average molecular weight is 489 g/mol. The van der Waals surface area contributed by atoms with Crippen LogP contribution >= 0.6 is 0 Å². The Morgan fingerprint density at radius 2 is 1.86 bits per heavy atom. The van der Waals surface area contributed by atoms with Crippen molar-refractivity contribution in [1.82, 2.24) is 20.4 Å². The number of hydrogen-bond donors (Lipinski definition) is 3. The Kier molecular flexibility index (Phi) is 6.99. The number of benzene rings is 2. The van der Waals surface area contributed by atoms with Gasteiger partial charge in [0.1, 0.15) is 5.54 Å². The third kappa shape index (κ3) is 4.84. The van der Waals surface area contributed by atoms with Crippen LogP contribution in [0.2, 0.25) is 0 Å². The summed E-state index contributed by atoms with van der Waals surface area (Å²) >= 11 is 0. The van der Waals surface area contributed by atoms with E-state index >= 15 is 0 Å². The Morgan fingerprint density at radius 3 is 2.67 bits per heavy atom. The molecular formula is C29H36N4O3. The van der Waals surface area contributed by atoms with Gasteiger partial charge in [0.05, 0.1) is 5.52 Å². The second-order valence-corrected chi connectivity index (χ2v) is 10.8. The summed E-state index contributed by atoms with van der Waals surface area (Å²) in [5.74, 6) is 0.749. The van der Waals surface area contributed by atoms with Crippen LogP contribution in [-0.2, 0) is 17.6 Å². The molecule has 190 valence electrons. The smallest absolute Gasteiger partial charge is 0.408 e. The molecule has 7 nitrogen and oxygen atoms in total. The van der Waals surface area contributed by atoms with Crippen molar-refractivity contribution < 1.29 is 14.7 Å². The highest BCUT2D eigenvalue weighted by Gasteiger charge is 2.50. The van der Waals surface area contributed by atoms with Crippen molar-refractivity contribution >= 4 is 22.9 Å². The summed E-state index contributed by atoms with van der Waals surface area (Å²) in [5, 5.41) is 22.1. The van der Waals surface area contributed by atoms with Crippen LogP contribution in [0.1, 0.15) is 56.7 Å². The lowest BCUT2D eigenvalue weighted by Crippen LogP contribution is -2.65. The number of carboxylic acid groups (broad SMARTS) is 1. The van der Waals surface area contributed by atoms with Crippen LogP contribution < -0.4 is 5.32 Å². The highest BCUT2D eigenvalue weighted by molar-refractivity contribution is 5.91. The zero-order chi connectivity index (χ0) is 25.1. The number of nitrogens with one attached hydrogen (secondary N) is 2. The first-order valence-corrected chi connectivity index (χ1v) is 13.2. The van der Waals surface area contributed by atoms with Gasteiger partial charge in [-0.2, -0.15) is 5.10 Å². The second-order valence-electron chi connectivity index (χ2n) is 10.8. The molecule has 2 aliphatic carbocycles. The molecule has 4 unspecified atom stereocenters. The van der Waals surface area contributed by atoms with Gasteiger partial charge >= 0.3 is 6.09 Å². The number of hydrogen-bond acceptors (Lipinski definition) is 3. The third-order valence-corrected chi connectivity index (χ3v) is 8.40. The van der Waals surface area contributed by atoms with E-state index in [-0.39, 0.29) is 18.4 Å². The number of fused-ring (bicyclic) bond motifs is 3. The molecule has 36 heavy (non-hydrogen) atoms. The monoisotopic (exact) mass is 488 g/mol. The van der Waals surface area contributed by atoms with E-state index in [0.29, 0.717) is 24.8 Å². The van der Waals surface area contributed by atoms with Gasteiger partial charge in [-0.1, -0.05) is 61.4 Å². The van der Waals surface area contributed by atoms with E-state index in [1.54, 1.807) is 6.92 Å². The minimum atomic E-state index is -1.27. The van der Waals surface area contributed by atoms with Gasteiger partial charge in [-0.05, 0) is 62.5 Å². The summed E-state index contributed by atoms with van der Waals surface area (Å²) in [7, 11) is 0. The predicted molar refractivity (Wildman–Crippen MR) is 140 cm³/mol. The highest BCUT2D eigenvalue weighted by Crippen LogP contribution is 2.44. The molecule has 0 spiro atoms. The van der Waals surface area contributed by atoms with Crippen LogP contribution in [0.4, 0.5) is 4.79 Å². The van der Waals surface area contributed by atoms with Crippen molar-refractivity contribution in [2.45, 2.75) is 69.9 Å². The molecule has 0 saturated heterocycles. The standard InChI is InChI=1S/C29H36N4O3/c1-29(19-25-23-12-5-6-13-24(23)31-32-25,27(34)30-17-16-20-8-3-2-4-9-20)33(28(35)36)26-15-14-21-10-7-11-22(26)18-21/h2-6,8-9,12-13,21-22,26H,7,10-11,14-19H2,1H3,(H,30,34)(H,31,32)(H,35,36). The van der Waals surface area contributed by atoms with E-state index in [1.807, 2.05) is 54.6 Å². The zero-order valence-electron chi connectivity index (χ0n) is 21.0. The van der Waals surface area contributed by atoms with Crippen LogP contribution in [0.5, 0.6) is 0 Å². The van der Waals surface area contributed by atoms with E-state index in [9.17, 15) is 14.7 Å². The SMILES string of the molecule is CC(Cc1[nH]nc2ccccc12)(C(=O)NCCc1ccccc1)N(C(=O)O)C1CCC2CCCC1C2. The topological polar surface area (TPSA) is 98.3 Å². The van der Waals surface area contributed by atoms with Crippen molar-refractivity contribution in [3.63, 3.8) is 0 Å². The molecule has 7 heteroatoms. The number of amides is 2. The summed E-state index contributed by atoms with van der Waals surface area (Å²) in [6.45, 7) is 2.25. The lowest BCUT2D eigenvalue weighted by atomic mass is 9.68. The van der Waals surface area contributed by atoms with E-state index in [0.717, 1.165) is 54.3 Å².